The van der Waals surface area contributed by atoms with Gasteiger partial charge in [0, 0.05) is 36.9 Å². The average Bonchev–Trinajstić information content (AvgIpc) is 2.86. The smallest absolute Gasteiger partial charge is 0.110 e. The molecule has 80 valence electrons. The summed E-state index contributed by atoms with van der Waals surface area (Å²) >= 11 is 1.59. The predicted octanol–water partition coefficient (Wildman–Crippen LogP) is 0.624. The fourth-order valence-corrected chi connectivity index (χ4v) is 2.10. The number of aryl methyl sites for hydroxylation is 1. The number of rotatable bonds is 4. The Kier molecular flexibility index (Phi) is 3.10. The van der Waals surface area contributed by atoms with E-state index in [1.165, 1.54) is 0 Å². The van der Waals surface area contributed by atoms with E-state index in [9.17, 15) is 0 Å². The molecule has 5 nitrogen and oxygen atoms in total. The van der Waals surface area contributed by atoms with Crippen LogP contribution < -0.4 is 11.3 Å². The van der Waals surface area contributed by atoms with Crippen LogP contribution in [0.2, 0.25) is 0 Å². The zero-order chi connectivity index (χ0) is 10.7. The first-order valence-corrected chi connectivity index (χ1v) is 5.50. The summed E-state index contributed by atoms with van der Waals surface area (Å²) in [6.45, 7) is 0. The van der Waals surface area contributed by atoms with Gasteiger partial charge in [-0.25, -0.2) is 4.98 Å². The standard InChI is InChI=1S/C9H13N5S/c1-14-3-2-12-9(14)4-7(13-10)8-5-11-6-15-8/h2-3,5-7,13H,4,10H2,1H3. The molecule has 2 rings (SSSR count). The molecule has 2 heterocycles. The SMILES string of the molecule is Cn1ccnc1CC(NN)c1cncs1. The molecule has 0 aliphatic heterocycles. The van der Waals surface area contributed by atoms with Gasteiger partial charge in [0.15, 0.2) is 0 Å². The topological polar surface area (TPSA) is 68.8 Å². The van der Waals surface area contributed by atoms with Gasteiger partial charge in [0.25, 0.3) is 0 Å². The third kappa shape index (κ3) is 2.23. The number of nitrogens with two attached hydrogens (primary N) is 1. The van der Waals surface area contributed by atoms with Crippen molar-refractivity contribution in [2.75, 3.05) is 0 Å². The molecule has 2 aromatic heterocycles. The molecule has 6 heteroatoms. The number of aromatic nitrogens is 3. The monoisotopic (exact) mass is 223 g/mol. The molecule has 0 aromatic carbocycles. The number of hydrogen-bond donors (Lipinski definition) is 2. The Bertz CT molecular complexity index is 408. The largest absolute Gasteiger partial charge is 0.338 e. The number of nitrogens with one attached hydrogen (secondary N) is 1. The van der Waals surface area contributed by atoms with Crippen LogP contribution in [-0.2, 0) is 13.5 Å². The van der Waals surface area contributed by atoms with Crippen molar-refractivity contribution < 1.29 is 0 Å². The maximum absolute atomic E-state index is 5.52. The lowest BCUT2D eigenvalue weighted by molar-refractivity contribution is 0.537. The molecular weight excluding hydrogens is 210 g/mol. The van der Waals surface area contributed by atoms with E-state index in [4.69, 9.17) is 5.84 Å². The van der Waals surface area contributed by atoms with Crippen LogP contribution in [0.1, 0.15) is 16.7 Å². The molecule has 0 spiro atoms. The van der Waals surface area contributed by atoms with Crippen molar-refractivity contribution in [2.45, 2.75) is 12.5 Å². The molecule has 3 N–H and O–H groups in total. The van der Waals surface area contributed by atoms with Crippen molar-refractivity contribution in [1.29, 1.82) is 0 Å². The first kappa shape index (κ1) is 10.3. The molecule has 0 fully saturated rings. The van der Waals surface area contributed by atoms with Gasteiger partial charge in [0.1, 0.15) is 5.82 Å². The molecule has 0 aliphatic carbocycles. The van der Waals surface area contributed by atoms with Gasteiger partial charge in [-0.05, 0) is 0 Å². The van der Waals surface area contributed by atoms with Gasteiger partial charge in [0.2, 0.25) is 0 Å². The van der Waals surface area contributed by atoms with Gasteiger partial charge in [-0.2, -0.15) is 0 Å². The minimum Gasteiger partial charge on any atom is -0.338 e. The number of imidazole rings is 1. The quantitative estimate of drug-likeness (QED) is 0.589. The minimum absolute atomic E-state index is 0.0820. The van der Waals surface area contributed by atoms with Crippen LogP contribution in [0, 0.1) is 0 Å². The zero-order valence-corrected chi connectivity index (χ0v) is 9.24. The maximum atomic E-state index is 5.52. The molecular formula is C9H13N5S. The van der Waals surface area contributed by atoms with Gasteiger partial charge >= 0.3 is 0 Å². The third-order valence-corrected chi connectivity index (χ3v) is 3.19. The summed E-state index contributed by atoms with van der Waals surface area (Å²) in [5.41, 5.74) is 4.59. The first-order chi connectivity index (χ1) is 7.31. The Labute approximate surface area is 91.9 Å². The molecule has 0 amide bonds. The summed E-state index contributed by atoms with van der Waals surface area (Å²) in [5.74, 6) is 6.53. The van der Waals surface area contributed by atoms with E-state index in [1.54, 1.807) is 23.0 Å². The number of nitrogens with zero attached hydrogens (tertiary/aromatic N) is 3. The summed E-state index contributed by atoms with van der Waals surface area (Å²) in [6, 6.07) is 0.0820. The second-order valence-electron chi connectivity index (χ2n) is 3.28. The van der Waals surface area contributed by atoms with Crippen molar-refractivity contribution in [1.82, 2.24) is 20.0 Å². The fourth-order valence-electron chi connectivity index (χ4n) is 1.42. The Morgan fingerprint density at radius 1 is 1.67 bits per heavy atom. The molecule has 15 heavy (non-hydrogen) atoms. The van der Waals surface area contributed by atoms with Crippen LogP contribution in [0.5, 0.6) is 0 Å². The van der Waals surface area contributed by atoms with Gasteiger partial charge in [0.05, 0.1) is 11.6 Å². The molecule has 0 aliphatic rings. The Morgan fingerprint density at radius 3 is 3.07 bits per heavy atom. The van der Waals surface area contributed by atoms with Crippen LogP contribution in [0.15, 0.2) is 24.1 Å². The van der Waals surface area contributed by atoms with E-state index in [2.05, 4.69) is 15.4 Å². The maximum Gasteiger partial charge on any atom is 0.110 e. The van der Waals surface area contributed by atoms with E-state index in [0.717, 1.165) is 17.1 Å². The van der Waals surface area contributed by atoms with E-state index in [-0.39, 0.29) is 6.04 Å². The molecule has 2 aromatic rings. The summed E-state index contributed by atoms with van der Waals surface area (Å²) in [6.07, 6.45) is 6.31. The minimum atomic E-state index is 0.0820. The molecule has 1 atom stereocenters. The Hall–Kier alpha value is -1.24. The van der Waals surface area contributed by atoms with Crippen molar-refractivity contribution in [3.63, 3.8) is 0 Å². The summed E-state index contributed by atoms with van der Waals surface area (Å²) in [7, 11) is 1.97. The van der Waals surface area contributed by atoms with Crippen LogP contribution in [0.4, 0.5) is 0 Å². The number of thiazole rings is 1. The predicted molar refractivity (Wildman–Crippen MR) is 59.1 cm³/mol. The van der Waals surface area contributed by atoms with Crippen LogP contribution in [-0.4, -0.2) is 14.5 Å². The second-order valence-corrected chi connectivity index (χ2v) is 4.20. The van der Waals surface area contributed by atoms with Crippen LogP contribution >= 0.6 is 11.3 Å². The highest BCUT2D eigenvalue weighted by molar-refractivity contribution is 7.09. The Morgan fingerprint density at radius 2 is 2.53 bits per heavy atom. The molecule has 0 bridgehead atoms. The fraction of sp³-hybridized carbons (Fsp3) is 0.333. The third-order valence-electron chi connectivity index (χ3n) is 2.30. The van der Waals surface area contributed by atoms with Crippen molar-refractivity contribution in [3.8, 4) is 0 Å². The highest BCUT2D eigenvalue weighted by atomic mass is 32.1. The summed E-state index contributed by atoms with van der Waals surface area (Å²) in [4.78, 5) is 9.43. The van der Waals surface area contributed by atoms with Crippen LogP contribution in [0.3, 0.4) is 0 Å². The van der Waals surface area contributed by atoms with Crippen LogP contribution in [0.25, 0.3) is 0 Å². The summed E-state index contributed by atoms with van der Waals surface area (Å²) < 4.78 is 1.99. The van der Waals surface area contributed by atoms with E-state index in [1.807, 2.05) is 24.0 Å². The highest BCUT2D eigenvalue weighted by Crippen LogP contribution is 2.19. The lowest BCUT2D eigenvalue weighted by atomic mass is 10.2. The molecule has 0 radical (unpaired) electrons. The number of hydrazine groups is 1. The van der Waals surface area contributed by atoms with E-state index in [0.29, 0.717) is 0 Å². The molecule has 1 unspecified atom stereocenters. The average molecular weight is 223 g/mol. The van der Waals surface area contributed by atoms with Crippen molar-refractivity contribution >= 4 is 11.3 Å². The molecule has 0 saturated carbocycles. The van der Waals surface area contributed by atoms with Crippen molar-refractivity contribution in [2.24, 2.45) is 12.9 Å². The first-order valence-electron chi connectivity index (χ1n) is 4.62. The second kappa shape index (κ2) is 4.52. The van der Waals surface area contributed by atoms with Gasteiger partial charge < -0.3 is 4.57 Å². The molecule has 0 saturated heterocycles. The Balaban J connectivity index is 2.13. The van der Waals surface area contributed by atoms with Crippen molar-refractivity contribution in [3.05, 3.63) is 34.8 Å². The zero-order valence-electron chi connectivity index (χ0n) is 8.42. The van der Waals surface area contributed by atoms with E-state index >= 15 is 0 Å². The highest BCUT2D eigenvalue weighted by Gasteiger charge is 2.14. The normalized spacial score (nSPS) is 12.9. The lowest BCUT2D eigenvalue weighted by Crippen LogP contribution is -2.29. The van der Waals surface area contributed by atoms with Gasteiger partial charge in [-0.1, -0.05) is 0 Å². The summed E-state index contributed by atoms with van der Waals surface area (Å²) in [5, 5.41) is 0. The lowest BCUT2D eigenvalue weighted by Gasteiger charge is -2.13. The van der Waals surface area contributed by atoms with Gasteiger partial charge in [-0.3, -0.25) is 16.3 Å². The number of hydrogen-bond acceptors (Lipinski definition) is 5. The van der Waals surface area contributed by atoms with Gasteiger partial charge in [-0.15, -0.1) is 11.3 Å². The van der Waals surface area contributed by atoms with E-state index < -0.39 is 0 Å².